The maximum atomic E-state index is 13.0. The summed E-state index contributed by atoms with van der Waals surface area (Å²) in [5.41, 5.74) is 0.155. The zero-order valence-corrected chi connectivity index (χ0v) is 17.2. The SMILES string of the molecule is COc1ccc(C(F)(F)F)cc1NC(=O)NC1CCC(COCc2cccnc2)CC1. The Morgan fingerprint density at radius 3 is 2.61 bits per heavy atom. The monoisotopic (exact) mass is 437 g/mol. The van der Waals surface area contributed by atoms with Gasteiger partial charge in [-0.15, -0.1) is 0 Å². The van der Waals surface area contributed by atoms with E-state index < -0.39 is 17.8 Å². The molecule has 1 heterocycles. The van der Waals surface area contributed by atoms with Crippen LogP contribution in [0.1, 0.15) is 36.8 Å². The molecule has 0 radical (unpaired) electrons. The summed E-state index contributed by atoms with van der Waals surface area (Å²) in [5.74, 6) is 0.582. The number of alkyl halides is 3. The first kappa shape index (κ1) is 22.9. The number of carbonyl (C=O) groups is 1. The van der Waals surface area contributed by atoms with Gasteiger partial charge in [-0.05, 0) is 61.4 Å². The highest BCUT2D eigenvalue weighted by atomic mass is 19.4. The van der Waals surface area contributed by atoms with Crippen molar-refractivity contribution in [1.82, 2.24) is 10.3 Å². The van der Waals surface area contributed by atoms with Crippen molar-refractivity contribution in [2.45, 2.75) is 44.5 Å². The van der Waals surface area contributed by atoms with Gasteiger partial charge in [-0.3, -0.25) is 4.98 Å². The maximum Gasteiger partial charge on any atom is 0.416 e. The van der Waals surface area contributed by atoms with Crippen molar-refractivity contribution in [1.29, 1.82) is 0 Å². The van der Waals surface area contributed by atoms with Crippen molar-refractivity contribution in [2.75, 3.05) is 19.0 Å². The number of nitrogens with zero attached hydrogens (tertiary/aromatic N) is 1. The van der Waals surface area contributed by atoms with E-state index in [0.29, 0.717) is 19.1 Å². The molecule has 0 aliphatic heterocycles. The standard InChI is InChI=1S/C22H26F3N3O3/c1-30-20-9-6-17(22(23,24)25)11-19(20)28-21(29)27-18-7-4-15(5-8-18)13-31-14-16-3-2-10-26-12-16/h2-3,6,9-12,15,18H,4-5,7-8,13-14H2,1H3,(H2,27,28,29). The number of rotatable bonds is 7. The van der Waals surface area contributed by atoms with E-state index in [-0.39, 0.29) is 17.5 Å². The second kappa shape index (κ2) is 10.5. The molecule has 1 aliphatic rings. The molecule has 2 amide bonds. The van der Waals surface area contributed by atoms with Crippen LogP contribution in [0.3, 0.4) is 0 Å². The third-order valence-corrected chi connectivity index (χ3v) is 5.30. The van der Waals surface area contributed by atoms with Crippen LogP contribution in [0.4, 0.5) is 23.7 Å². The number of methoxy groups -OCH3 is 1. The molecule has 2 aromatic rings. The first-order chi connectivity index (χ1) is 14.8. The van der Waals surface area contributed by atoms with Crippen molar-refractivity contribution >= 4 is 11.7 Å². The summed E-state index contributed by atoms with van der Waals surface area (Å²) in [7, 11) is 1.34. The van der Waals surface area contributed by atoms with Crippen LogP contribution in [0.25, 0.3) is 0 Å². The van der Waals surface area contributed by atoms with Crippen LogP contribution in [-0.2, 0) is 17.5 Å². The Morgan fingerprint density at radius 2 is 1.97 bits per heavy atom. The summed E-state index contributed by atoms with van der Waals surface area (Å²) >= 11 is 0. The molecule has 0 bridgehead atoms. The highest BCUT2D eigenvalue weighted by Crippen LogP contribution is 2.35. The highest BCUT2D eigenvalue weighted by Gasteiger charge is 2.31. The second-order valence-corrected chi connectivity index (χ2v) is 7.61. The van der Waals surface area contributed by atoms with Crippen molar-refractivity contribution in [2.24, 2.45) is 5.92 Å². The van der Waals surface area contributed by atoms with Gasteiger partial charge >= 0.3 is 12.2 Å². The summed E-state index contributed by atoms with van der Waals surface area (Å²) < 4.78 is 49.7. The number of halogens is 3. The molecule has 1 aliphatic carbocycles. The number of pyridine rings is 1. The fraction of sp³-hybridized carbons (Fsp3) is 0.455. The minimum absolute atomic E-state index is 0.0210. The summed E-state index contributed by atoms with van der Waals surface area (Å²) in [6.07, 6.45) is 2.38. The van der Waals surface area contributed by atoms with Crippen molar-refractivity contribution < 1.29 is 27.4 Å². The molecule has 6 nitrogen and oxygen atoms in total. The molecule has 168 valence electrons. The van der Waals surface area contributed by atoms with Gasteiger partial charge in [-0.25, -0.2) is 4.79 Å². The van der Waals surface area contributed by atoms with Gasteiger partial charge in [0.15, 0.2) is 0 Å². The molecule has 0 spiro atoms. The average molecular weight is 437 g/mol. The Bertz CT molecular complexity index is 854. The number of hydrogen-bond donors (Lipinski definition) is 2. The van der Waals surface area contributed by atoms with E-state index in [1.165, 1.54) is 13.2 Å². The molecule has 31 heavy (non-hydrogen) atoms. The van der Waals surface area contributed by atoms with Crippen LogP contribution in [0, 0.1) is 5.92 Å². The number of benzene rings is 1. The van der Waals surface area contributed by atoms with E-state index >= 15 is 0 Å². The van der Waals surface area contributed by atoms with Gasteiger partial charge in [0, 0.05) is 25.0 Å². The summed E-state index contributed by atoms with van der Waals surface area (Å²) in [4.78, 5) is 16.4. The Labute approximate surface area is 179 Å². The summed E-state index contributed by atoms with van der Waals surface area (Å²) in [5, 5.41) is 5.32. The number of hydrogen-bond acceptors (Lipinski definition) is 4. The lowest BCUT2D eigenvalue weighted by atomic mass is 9.86. The quantitative estimate of drug-likeness (QED) is 0.639. The van der Waals surface area contributed by atoms with Crippen molar-refractivity contribution in [3.63, 3.8) is 0 Å². The van der Waals surface area contributed by atoms with Gasteiger partial charge in [0.05, 0.1) is 25.0 Å². The fourth-order valence-corrected chi connectivity index (χ4v) is 3.63. The lowest BCUT2D eigenvalue weighted by Crippen LogP contribution is -2.40. The number of aromatic nitrogens is 1. The number of nitrogens with one attached hydrogen (secondary N) is 2. The fourth-order valence-electron chi connectivity index (χ4n) is 3.63. The largest absolute Gasteiger partial charge is 0.495 e. The molecule has 0 saturated heterocycles. The minimum Gasteiger partial charge on any atom is -0.495 e. The highest BCUT2D eigenvalue weighted by molar-refractivity contribution is 5.91. The molecule has 1 aromatic carbocycles. The molecular formula is C22H26F3N3O3. The normalized spacial score (nSPS) is 19.0. The molecule has 2 N–H and O–H groups in total. The number of anilines is 1. The summed E-state index contributed by atoms with van der Waals surface area (Å²) in [6, 6.07) is 6.23. The molecule has 3 rings (SSSR count). The van der Waals surface area contributed by atoms with E-state index in [1.807, 2.05) is 12.1 Å². The second-order valence-electron chi connectivity index (χ2n) is 7.61. The smallest absolute Gasteiger partial charge is 0.416 e. The number of carbonyl (C=O) groups excluding carboxylic acids is 1. The number of ether oxygens (including phenoxy) is 2. The van der Waals surface area contributed by atoms with Gasteiger partial charge in [-0.2, -0.15) is 13.2 Å². The molecule has 1 fully saturated rings. The first-order valence-electron chi connectivity index (χ1n) is 10.1. The van der Waals surface area contributed by atoms with Crippen molar-refractivity contribution in [3.05, 3.63) is 53.9 Å². The predicted octanol–water partition coefficient (Wildman–Crippen LogP) is 5.01. The van der Waals surface area contributed by atoms with Crippen LogP contribution in [0.5, 0.6) is 5.75 Å². The Morgan fingerprint density at radius 1 is 1.19 bits per heavy atom. The van der Waals surface area contributed by atoms with E-state index in [4.69, 9.17) is 9.47 Å². The Kier molecular flexibility index (Phi) is 7.73. The van der Waals surface area contributed by atoms with E-state index in [9.17, 15) is 18.0 Å². The lowest BCUT2D eigenvalue weighted by Gasteiger charge is -2.29. The molecular weight excluding hydrogens is 411 g/mol. The zero-order valence-electron chi connectivity index (χ0n) is 17.2. The van der Waals surface area contributed by atoms with Gasteiger partial charge < -0.3 is 20.1 Å². The minimum atomic E-state index is -4.50. The lowest BCUT2D eigenvalue weighted by molar-refractivity contribution is -0.137. The first-order valence-corrected chi connectivity index (χ1v) is 10.1. The van der Waals surface area contributed by atoms with E-state index in [1.54, 1.807) is 12.4 Å². The summed E-state index contributed by atoms with van der Waals surface area (Å²) in [6.45, 7) is 1.17. The molecule has 1 saturated carbocycles. The maximum absolute atomic E-state index is 13.0. The van der Waals surface area contributed by atoms with Crippen LogP contribution in [0.2, 0.25) is 0 Å². The molecule has 0 atom stereocenters. The topological polar surface area (TPSA) is 72.5 Å². The molecule has 9 heteroatoms. The molecule has 1 aromatic heterocycles. The third-order valence-electron chi connectivity index (χ3n) is 5.30. The van der Waals surface area contributed by atoms with Gasteiger partial charge in [0.1, 0.15) is 5.75 Å². The van der Waals surface area contributed by atoms with Crippen LogP contribution >= 0.6 is 0 Å². The Balaban J connectivity index is 1.44. The number of amides is 2. The van der Waals surface area contributed by atoms with Crippen LogP contribution in [0.15, 0.2) is 42.7 Å². The van der Waals surface area contributed by atoms with Crippen LogP contribution < -0.4 is 15.4 Å². The number of urea groups is 1. The zero-order chi connectivity index (χ0) is 22.3. The van der Waals surface area contributed by atoms with E-state index in [2.05, 4.69) is 15.6 Å². The third kappa shape index (κ3) is 6.85. The molecule has 0 unspecified atom stereocenters. The van der Waals surface area contributed by atoms with Gasteiger partial charge in [-0.1, -0.05) is 6.07 Å². The Hall–Kier alpha value is -2.81. The van der Waals surface area contributed by atoms with Crippen molar-refractivity contribution in [3.8, 4) is 5.75 Å². The predicted molar refractivity (Wildman–Crippen MR) is 110 cm³/mol. The van der Waals surface area contributed by atoms with E-state index in [0.717, 1.165) is 43.4 Å². The van der Waals surface area contributed by atoms with Gasteiger partial charge in [0.2, 0.25) is 0 Å². The van der Waals surface area contributed by atoms with Gasteiger partial charge in [0.25, 0.3) is 0 Å². The van der Waals surface area contributed by atoms with Crippen LogP contribution in [-0.4, -0.2) is 30.8 Å². The average Bonchev–Trinajstić information content (AvgIpc) is 2.75.